The largest absolute Gasteiger partial charge is 0.494 e. The molecule has 0 radical (unpaired) electrons. The van der Waals surface area contributed by atoms with Crippen LogP contribution < -0.4 is 10.2 Å². The summed E-state index contributed by atoms with van der Waals surface area (Å²) >= 11 is 0. The van der Waals surface area contributed by atoms with Crippen LogP contribution in [0, 0.1) is 39.8 Å². The van der Waals surface area contributed by atoms with E-state index in [-0.39, 0.29) is 52.8 Å². The number of likely N-dealkylation sites (tertiary alicyclic amines) is 1. The van der Waals surface area contributed by atoms with Gasteiger partial charge in [-0.3, -0.25) is 4.79 Å². The highest BCUT2D eigenvalue weighted by atomic mass is 19.1. The second-order valence-electron chi connectivity index (χ2n) is 14.0. The van der Waals surface area contributed by atoms with Gasteiger partial charge in [-0.25, -0.2) is 9.18 Å². The predicted molar refractivity (Wildman–Crippen MR) is 154 cm³/mol. The number of Topliss-reactive ketones (excluding diaryl/α,β-unsaturated/α-hetero) is 1. The van der Waals surface area contributed by atoms with E-state index in [1.165, 1.54) is 6.07 Å². The fourth-order valence-electron chi connectivity index (χ4n) is 10.1. The molecule has 1 aromatic rings. The van der Waals surface area contributed by atoms with Crippen LogP contribution in [-0.4, -0.2) is 71.8 Å². The lowest BCUT2D eigenvalue weighted by Crippen LogP contribution is -2.65. The Morgan fingerprint density at radius 2 is 1.98 bits per heavy atom. The van der Waals surface area contributed by atoms with E-state index in [0.29, 0.717) is 18.4 Å². The van der Waals surface area contributed by atoms with Gasteiger partial charge >= 0.3 is 13.1 Å². The third kappa shape index (κ3) is 4.15. The van der Waals surface area contributed by atoms with Gasteiger partial charge in [0, 0.05) is 34.7 Å². The minimum absolute atomic E-state index is 0.0289. The van der Waals surface area contributed by atoms with Crippen molar-refractivity contribution in [3.63, 3.8) is 0 Å². The Hall–Kier alpha value is -2.01. The standard InChI is InChI=1S/C32H45BFNO7/c1-6-35-14-13-32(20(35)4)15-24(42-25(37)17-40-23-8-7-21-16-41-33(39)26(21)27(23)34)30(5)18(2)9-11-31(19(3)29(32)38)12-10-22(36)28(30)31/h7-8,18-20,24,28-29,38-39H,6,9-17H2,1-5H3/t18-,19+,20?,24-,28+,29+,30+,31+,32-/m1/s1. The van der Waals surface area contributed by atoms with E-state index < -0.39 is 48.5 Å². The smallest absolute Gasteiger partial charge is 0.479 e. The van der Waals surface area contributed by atoms with Crippen LogP contribution in [-0.2, 0) is 25.6 Å². The van der Waals surface area contributed by atoms with Gasteiger partial charge in [0.15, 0.2) is 18.2 Å². The number of nitrogens with zero attached hydrogens (tertiary/aromatic N) is 1. The Balaban J connectivity index is 1.34. The predicted octanol–water partition coefficient (Wildman–Crippen LogP) is 3.24. The van der Waals surface area contributed by atoms with Crippen LogP contribution in [0.1, 0.15) is 78.7 Å². The maximum Gasteiger partial charge on any atom is 0.494 e. The number of esters is 1. The number of halogens is 1. The number of benzene rings is 1. The van der Waals surface area contributed by atoms with Crippen molar-refractivity contribution in [3.8, 4) is 5.75 Å². The van der Waals surface area contributed by atoms with Gasteiger partial charge in [-0.2, -0.15) is 0 Å². The summed E-state index contributed by atoms with van der Waals surface area (Å²) in [6.45, 7) is 12.1. The van der Waals surface area contributed by atoms with Crippen molar-refractivity contribution in [1.82, 2.24) is 4.90 Å². The lowest BCUT2D eigenvalue weighted by atomic mass is 9.43. The van der Waals surface area contributed by atoms with Crippen molar-refractivity contribution in [2.75, 3.05) is 19.7 Å². The van der Waals surface area contributed by atoms with Gasteiger partial charge in [0.05, 0.1) is 12.7 Å². The molecule has 3 aliphatic carbocycles. The molecular weight excluding hydrogens is 540 g/mol. The molecule has 42 heavy (non-hydrogen) atoms. The number of aliphatic hydroxyl groups is 1. The molecule has 2 N–H and O–H groups in total. The number of ether oxygens (including phenoxy) is 2. The average molecular weight is 586 g/mol. The Morgan fingerprint density at radius 1 is 1.21 bits per heavy atom. The number of hydrogen-bond donors (Lipinski definition) is 2. The lowest BCUT2D eigenvalue weighted by molar-refractivity contribution is -0.216. The van der Waals surface area contributed by atoms with Gasteiger partial charge < -0.3 is 29.2 Å². The molecule has 0 amide bonds. The van der Waals surface area contributed by atoms with Crippen LogP contribution in [0.25, 0.3) is 0 Å². The molecule has 1 aromatic carbocycles. The van der Waals surface area contributed by atoms with Gasteiger partial charge in [0.1, 0.15) is 11.9 Å². The first-order valence-electron chi connectivity index (χ1n) is 15.8. The number of aliphatic hydroxyl groups excluding tert-OH is 1. The van der Waals surface area contributed by atoms with E-state index in [9.17, 15) is 19.7 Å². The zero-order valence-corrected chi connectivity index (χ0v) is 25.5. The molecule has 5 aliphatic rings. The highest BCUT2D eigenvalue weighted by Gasteiger charge is 2.70. The van der Waals surface area contributed by atoms with E-state index in [1.807, 2.05) is 0 Å². The number of carbonyl (C=O) groups excluding carboxylic acids is 2. The number of ketones is 1. The van der Waals surface area contributed by atoms with Crippen molar-refractivity contribution in [1.29, 1.82) is 0 Å². The maximum absolute atomic E-state index is 15.1. The molecule has 10 heteroatoms. The monoisotopic (exact) mass is 585 g/mol. The number of fused-ring (bicyclic) bond motifs is 1. The molecule has 1 spiro atoms. The summed E-state index contributed by atoms with van der Waals surface area (Å²) in [7, 11) is -1.37. The molecule has 2 heterocycles. The van der Waals surface area contributed by atoms with E-state index in [1.54, 1.807) is 6.07 Å². The SMILES string of the molecule is CCN1CC[C@@]2(C[C@@H](OC(=O)COc3ccc4c(c3F)B(O)OC4)[C@]3(C)[C@H](C)CC[C@]4(CCC(=O)[C@H]43)[C@@H](C)[C@@H]2O)C1C. The molecule has 230 valence electrons. The van der Waals surface area contributed by atoms with Gasteiger partial charge in [-0.1, -0.05) is 33.8 Å². The highest BCUT2D eigenvalue weighted by Crippen LogP contribution is 2.69. The summed E-state index contributed by atoms with van der Waals surface area (Å²) in [6, 6.07) is 3.13. The minimum Gasteiger partial charge on any atom is -0.479 e. The van der Waals surface area contributed by atoms with Crippen molar-refractivity contribution in [3.05, 3.63) is 23.5 Å². The Morgan fingerprint density at radius 3 is 2.69 bits per heavy atom. The molecular formula is C32H45BFNO7. The van der Waals surface area contributed by atoms with Crippen LogP contribution in [0.2, 0.25) is 0 Å². The molecule has 0 aromatic heterocycles. The van der Waals surface area contributed by atoms with Crippen molar-refractivity contribution < 1.29 is 38.2 Å². The summed E-state index contributed by atoms with van der Waals surface area (Å²) in [4.78, 5) is 29.6. The molecule has 2 bridgehead atoms. The minimum atomic E-state index is -1.37. The molecule has 8 nitrogen and oxygen atoms in total. The normalized spacial score (nSPS) is 41.4. The summed E-state index contributed by atoms with van der Waals surface area (Å²) < 4.78 is 32.2. The number of hydrogen-bond acceptors (Lipinski definition) is 8. The molecule has 6 rings (SSSR count). The van der Waals surface area contributed by atoms with Gasteiger partial charge in [0.25, 0.3) is 0 Å². The van der Waals surface area contributed by atoms with Gasteiger partial charge in [0.2, 0.25) is 0 Å². The quantitative estimate of drug-likeness (QED) is 0.401. The molecule has 9 atom stereocenters. The molecule has 1 saturated heterocycles. The summed E-state index contributed by atoms with van der Waals surface area (Å²) in [6.07, 6.45) is 3.04. The zero-order chi connectivity index (χ0) is 30.2. The molecule has 1 unspecified atom stereocenters. The first kappa shape index (κ1) is 30.0. The van der Waals surface area contributed by atoms with E-state index in [4.69, 9.17) is 14.1 Å². The van der Waals surface area contributed by atoms with Gasteiger partial charge in [-0.15, -0.1) is 0 Å². The van der Waals surface area contributed by atoms with Gasteiger partial charge in [-0.05, 0) is 81.0 Å². The van der Waals surface area contributed by atoms with Crippen LogP contribution in [0.5, 0.6) is 5.75 Å². The van der Waals surface area contributed by atoms with Crippen LogP contribution in [0.3, 0.4) is 0 Å². The second kappa shape index (κ2) is 10.6. The Labute approximate surface area is 248 Å². The highest BCUT2D eigenvalue weighted by molar-refractivity contribution is 6.61. The molecule has 2 aliphatic heterocycles. The Bertz CT molecular complexity index is 1260. The third-order valence-electron chi connectivity index (χ3n) is 12.8. The maximum atomic E-state index is 15.1. The molecule has 3 saturated carbocycles. The zero-order valence-electron chi connectivity index (χ0n) is 25.5. The second-order valence-corrected chi connectivity index (χ2v) is 14.0. The summed E-state index contributed by atoms with van der Waals surface area (Å²) in [5, 5.41) is 22.3. The average Bonchev–Trinajstić information content (AvgIpc) is 3.63. The topological polar surface area (TPSA) is 106 Å². The first-order chi connectivity index (χ1) is 19.9. The summed E-state index contributed by atoms with van der Waals surface area (Å²) in [5.41, 5.74) is -0.865. The fraction of sp³-hybridized carbons (Fsp3) is 0.750. The van der Waals surface area contributed by atoms with Crippen LogP contribution in [0.4, 0.5) is 4.39 Å². The van der Waals surface area contributed by atoms with Crippen LogP contribution in [0.15, 0.2) is 12.1 Å². The first-order valence-corrected chi connectivity index (χ1v) is 15.8. The number of rotatable bonds is 5. The lowest BCUT2D eigenvalue weighted by Gasteiger charge is -2.62. The number of carbonyl (C=O) groups is 2. The van der Waals surface area contributed by atoms with Crippen molar-refractivity contribution >= 4 is 24.3 Å². The van der Waals surface area contributed by atoms with E-state index in [0.717, 1.165) is 38.8 Å². The molecule has 4 fully saturated rings. The fourth-order valence-corrected chi connectivity index (χ4v) is 10.1. The van der Waals surface area contributed by atoms with E-state index in [2.05, 4.69) is 39.5 Å². The Kier molecular flexibility index (Phi) is 7.56. The van der Waals surface area contributed by atoms with E-state index >= 15 is 4.39 Å². The van der Waals surface area contributed by atoms with Crippen LogP contribution >= 0.6 is 0 Å². The van der Waals surface area contributed by atoms with Crippen molar-refractivity contribution in [2.24, 2.45) is 34.0 Å². The summed E-state index contributed by atoms with van der Waals surface area (Å²) in [5.74, 6) is -1.55. The van der Waals surface area contributed by atoms with Crippen molar-refractivity contribution in [2.45, 2.75) is 98.0 Å². The third-order valence-corrected chi connectivity index (χ3v) is 12.8.